The van der Waals surface area contributed by atoms with Gasteiger partial charge in [-0.15, -0.1) is 0 Å². The van der Waals surface area contributed by atoms with Gasteiger partial charge in [-0.05, 0) is 13.0 Å². The van der Waals surface area contributed by atoms with Crippen molar-refractivity contribution in [3.05, 3.63) is 36.3 Å². The molecule has 2 aromatic heterocycles. The Bertz CT molecular complexity index is 776. The maximum absolute atomic E-state index is 11.0. The molecule has 3 rings (SSSR count). The minimum Gasteiger partial charge on any atom is -0.370 e. The maximum Gasteiger partial charge on any atom is 0.219 e. The first-order chi connectivity index (χ1) is 9.16. The van der Waals surface area contributed by atoms with Crippen molar-refractivity contribution in [3.8, 4) is 0 Å². The number of hydrogen-bond donors (Lipinski definition) is 1. The van der Waals surface area contributed by atoms with E-state index in [1.165, 1.54) is 0 Å². The van der Waals surface area contributed by atoms with Crippen LogP contribution < -0.4 is 5.73 Å². The molecule has 2 N–H and O–H groups in total. The number of aryl methyl sites for hydroxylation is 2. The number of benzene rings is 1. The van der Waals surface area contributed by atoms with Gasteiger partial charge in [-0.3, -0.25) is 9.78 Å². The lowest BCUT2D eigenvalue weighted by Crippen LogP contribution is -2.14. The van der Waals surface area contributed by atoms with Gasteiger partial charge < -0.3 is 10.3 Å². The first-order valence-electron chi connectivity index (χ1n) is 6.15. The van der Waals surface area contributed by atoms with Crippen molar-refractivity contribution in [2.75, 3.05) is 0 Å². The number of imidazole rings is 1. The van der Waals surface area contributed by atoms with Gasteiger partial charge in [0.15, 0.2) is 0 Å². The second kappa shape index (κ2) is 4.35. The number of carbonyl (C=O) groups excluding carboxylic acids is 1. The first kappa shape index (κ1) is 11.6. The number of carbonyl (C=O) groups is 1. The highest BCUT2D eigenvalue weighted by Gasteiger charge is 2.11. The summed E-state index contributed by atoms with van der Waals surface area (Å²) in [5, 5.41) is 1.05. The van der Waals surface area contributed by atoms with Gasteiger partial charge in [-0.2, -0.15) is 0 Å². The molecular weight excluding hydrogens is 240 g/mol. The van der Waals surface area contributed by atoms with Crippen molar-refractivity contribution in [1.29, 1.82) is 0 Å². The Hall–Kier alpha value is -2.43. The average Bonchev–Trinajstić information content (AvgIpc) is 2.72. The molecule has 5 heteroatoms. The van der Waals surface area contributed by atoms with E-state index in [0.717, 1.165) is 27.8 Å². The minimum absolute atomic E-state index is 0.306. The quantitative estimate of drug-likeness (QED) is 0.774. The second-order valence-electron chi connectivity index (χ2n) is 4.54. The van der Waals surface area contributed by atoms with E-state index in [4.69, 9.17) is 5.73 Å². The molecule has 2 heterocycles. The number of hydrogen-bond acceptors (Lipinski definition) is 3. The van der Waals surface area contributed by atoms with E-state index in [1.54, 1.807) is 6.20 Å². The summed E-state index contributed by atoms with van der Waals surface area (Å²) >= 11 is 0. The van der Waals surface area contributed by atoms with Crippen molar-refractivity contribution in [2.24, 2.45) is 5.73 Å². The van der Waals surface area contributed by atoms with Crippen molar-refractivity contribution in [3.63, 3.8) is 0 Å². The van der Waals surface area contributed by atoms with Crippen LogP contribution in [0.15, 0.2) is 30.5 Å². The molecule has 0 atom stereocenters. The number of nitrogens with zero attached hydrogens (tertiary/aromatic N) is 3. The molecule has 0 aliphatic rings. The van der Waals surface area contributed by atoms with Gasteiger partial charge in [0.25, 0.3) is 0 Å². The van der Waals surface area contributed by atoms with Crippen molar-refractivity contribution >= 4 is 27.8 Å². The molecule has 0 saturated carbocycles. The molecule has 0 radical (unpaired) electrons. The van der Waals surface area contributed by atoms with Crippen molar-refractivity contribution in [1.82, 2.24) is 14.5 Å². The monoisotopic (exact) mass is 254 g/mol. The highest BCUT2D eigenvalue weighted by Crippen LogP contribution is 2.24. The molecule has 0 aliphatic heterocycles. The Morgan fingerprint density at radius 1 is 1.32 bits per heavy atom. The number of nitrogens with two attached hydrogens (primary N) is 1. The van der Waals surface area contributed by atoms with Crippen molar-refractivity contribution in [2.45, 2.75) is 19.9 Å². The molecule has 0 spiro atoms. The summed E-state index contributed by atoms with van der Waals surface area (Å²) in [4.78, 5) is 19.9. The number of fused-ring (bicyclic) bond motifs is 3. The second-order valence-corrected chi connectivity index (χ2v) is 4.54. The van der Waals surface area contributed by atoms with Crippen LogP contribution in [-0.4, -0.2) is 20.4 Å². The Kier molecular flexibility index (Phi) is 2.67. The molecule has 0 bridgehead atoms. The van der Waals surface area contributed by atoms with E-state index in [9.17, 15) is 4.79 Å². The molecule has 1 aromatic carbocycles. The number of primary amides is 1. The fraction of sp³-hybridized carbons (Fsp3) is 0.214. The highest BCUT2D eigenvalue weighted by atomic mass is 16.1. The third-order valence-electron chi connectivity index (χ3n) is 3.25. The van der Waals surface area contributed by atoms with Gasteiger partial charge in [-0.1, -0.05) is 18.2 Å². The average molecular weight is 254 g/mol. The fourth-order valence-electron chi connectivity index (χ4n) is 2.37. The Morgan fingerprint density at radius 2 is 2.11 bits per heavy atom. The van der Waals surface area contributed by atoms with Gasteiger partial charge >= 0.3 is 0 Å². The number of aromatic nitrogens is 3. The number of rotatable bonds is 3. The number of pyridine rings is 1. The van der Waals surface area contributed by atoms with Crippen LogP contribution in [0.25, 0.3) is 21.9 Å². The Balaban J connectivity index is 2.27. The van der Waals surface area contributed by atoms with Crippen LogP contribution in [0.5, 0.6) is 0 Å². The number of para-hydroxylation sites is 1. The maximum atomic E-state index is 11.0. The third kappa shape index (κ3) is 1.93. The molecule has 1 amide bonds. The SMILES string of the molecule is Cc1nc2cnc3ccccc3c2n1CCC(N)=O. The van der Waals surface area contributed by atoms with Crippen LogP contribution >= 0.6 is 0 Å². The summed E-state index contributed by atoms with van der Waals surface area (Å²) < 4.78 is 2.03. The van der Waals surface area contributed by atoms with E-state index >= 15 is 0 Å². The predicted molar refractivity (Wildman–Crippen MR) is 73.6 cm³/mol. The van der Waals surface area contributed by atoms with Crippen LogP contribution in [0.1, 0.15) is 12.2 Å². The van der Waals surface area contributed by atoms with Crippen LogP contribution in [0.3, 0.4) is 0 Å². The van der Waals surface area contributed by atoms with E-state index in [1.807, 2.05) is 35.8 Å². The third-order valence-corrected chi connectivity index (χ3v) is 3.25. The molecular formula is C14H14N4O. The zero-order chi connectivity index (χ0) is 13.4. The lowest BCUT2D eigenvalue weighted by molar-refractivity contribution is -0.118. The van der Waals surface area contributed by atoms with Crippen LogP contribution in [0.4, 0.5) is 0 Å². The molecule has 5 nitrogen and oxygen atoms in total. The summed E-state index contributed by atoms with van der Waals surface area (Å²) in [7, 11) is 0. The van der Waals surface area contributed by atoms with Gasteiger partial charge in [0.2, 0.25) is 5.91 Å². The summed E-state index contributed by atoms with van der Waals surface area (Å²) in [5.41, 5.74) is 8.02. The van der Waals surface area contributed by atoms with Gasteiger partial charge in [0.1, 0.15) is 11.3 Å². The predicted octanol–water partition coefficient (Wildman–Crippen LogP) is 1.77. The Morgan fingerprint density at radius 3 is 2.89 bits per heavy atom. The summed E-state index contributed by atoms with van der Waals surface area (Å²) in [6.07, 6.45) is 2.08. The standard InChI is InChI=1S/C14H14N4O/c1-9-17-12-8-16-11-5-3-2-4-10(11)14(12)18(9)7-6-13(15)19/h2-5,8H,6-7H2,1H3,(H2,15,19). The molecule has 0 unspecified atom stereocenters. The Labute approximate surface area is 110 Å². The zero-order valence-electron chi connectivity index (χ0n) is 10.6. The molecule has 96 valence electrons. The molecule has 3 aromatic rings. The van der Waals surface area contributed by atoms with Gasteiger partial charge in [0.05, 0.1) is 17.2 Å². The lowest BCUT2D eigenvalue weighted by atomic mass is 10.2. The van der Waals surface area contributed by atoms with Crippen LogP contribution in [-0.2, 0) is 11.3 Å². The molecule has 19 heavy (non-hydrogen) atoms. The number of amides is 1. The van der Waals surface area contributed by atoms with Gasteiger partial charge in [0, 0.05) is 18.4 Å². The minimum atomic E-state index is -0.306. The topological polar surface area (TPSA) is 73.8 Å². The molecule has 0 fully saturated rings. The zero-order valence-corrected chi connectivity index (χ0v) is 10.6. The summed E-state index contributed by atoms with van der Waals surface area (Å²) in [5.74, 6) is 0.564. The van der Waals surface area contributed by atoms with E-state index < -0.39 is 0 Å². The molecule has 0 saturated heterocycles. The summed E-state index contributed by atoms with van der Waals surface area (Å²) in [6, 6.07) is 7.92. The summed E-state index contributed by atoms with van der Waals surface area (Å²) in [6.45, 7) is 2.47. The van der Waals surface area contributed by atoms with Crippen LogP contribution in [0.2, 0.25) is 0 Å². The fourth-order valence-corrected chi connectivity index (χ4v) is 2.37. The first-order valence-corrected chi connectivity index (χ1v) is 6.15. The van der Waals surface area contributed by atoms with Crippen LogP contribution in [0, 0.1) is 6.92 Å². The highest BCUT2D eigenvalue weighted by molar-refractivity contribution is 6.02. The lowest BCUT2D eigenvalue weighted by Gasteiger charge is -2.07. The van der Waals surface area contributed by atoms with Crippen molar-refractivity contribution < 1.29 is 4.79 Å². The van der Waals surface area contributed by atoms with E-state index in [-0.39, 0.29) is 5.91 Å². The van der Waals surface area contributed by atoms with Gasteiger partial charge in [-0.25, -0.2) is 4.98 Å². The van der Waals surface area contributed by atoms with E-state index in [2.05, 4.69) is 9.97 Å². The van der Waals surface area contributed by atoms with E-state index in [0.29, 0.717) is 13.0 Å². The smallest absolute Gasteiger partial charge is 0.219 e. The normalized spacial score (nSPS) is 11.2. The largest absolute Gasteiger partial charge is 0.370 e. The molecule has 0 aliphatic carbocycles.